The Morgan fingerprint density at radius 2 is 1.80 bits per heavy atom. The Bertz CT molecular complexity index is 595. The molecule has 1 heterocycles. The lowest BCUT2D eigenvalue weighted by molar-refractivity contribution is -0.0105. The fourth-order valence-electron chi connectivity index (χ4n) is 4.25. The van der Waals surface area contributed by atoms with Crippen LogP contribution in [0.5, 0.6) is 0 Å². The maximum absolute atomic E-state index is 13.6. The summed E-state index contributed by atoms with van der Waals surface area (Å²) in [5.41, 5.74) is 6.33. The third-order valence-electron chi connectivity index (χ3n) is 6.06. The number of halogens is 2. The van der Waals surface area contributed by atoms with Crippen molar-refractivity contribution in [1.82, 2.24) is 4.90 Å². The Morgan fingerprint density at radius 3 is 2.40 bits per heavy atom. The molecule has 0 radical (unpaired) electrons. The first kappa shape index (κ1) is 18.4. The van der Waals surface area contributed by atoms with Gasteiger partial charge in [0.15, 0.2) is 5.82 Å². The molecule has 0 amide bonds. The molecule has 1 saturated heterocycles. The number of nitrogens with two attached hydrogens (primary N) is 1. The Hall–Kier alpha value is -1.40. The van der Waals surface area contributed by atoms with Crippen LogP contribution in [0.25, 0.3) is 0 Å². The molecule has 3 N–H and O–H groups in total. The van der Waals surface area contributed by atoms with Gasteiger partial charge in [-0.05, 0) is 51.5 Å². The predicted molar refractivity (Wildman–Crippen MR) is 96.7 cm³/mol. The molecule has 140 valence electrons. The normalized spacial score (nSPS) is 28.9. The van der Waals surface area contributed by atoms with Crippen molar-refractivity contribution >= 4 is 11.4 Å². The van der Waals surface area contributed by atoms with E-state index in [4.69, 9.17) is 10.5 Å². The van der Waals surface area contributed by atoms with E-state index in [-0.39, 0.29) is 17.3 Å². The highest BCUT2D eigenvalue weighted by Crippen LogP contribution is 2.36. The van der Waals surface area contributed by atoms with E-state index in [1.54, 1.807) is 7.11 Å². The van der Waals surface area contributed by atoms with Gasteiger partial charge in [-0.2, -0.15) is 0 Å². The van der Waals surface area contributed by atoms with Crippen LogP contribution in [0.2, 0.25) is 0 Å². The van der Waals surface area contributed by atoms with Crippen LogP contribution in [0, 0.1) is 11.6 Å². The molecule has 0 bridgehead atoms. The van der Waals surface area contributed by atoms with Crippen LogP contribution in [0.3, 0.4) is 0 Å². The molecule has 0 atom stereocenters. The minimum Gasteiger partial charge on any atom is -0.395 e. The SMILES string of the molecule is COC1CCC(C)(N2CCC(Nc3cc(F)cc(F)c3N)CC2)CC1. The maximum Gasteiger partial charge on any atom is 0.151 e. The van der Waals surface area contributed by atoms with Crippen LogP contribution < -0.4 is 11.1 Å². The Morgan fingerprint density at radius 1 is 1.16 bits per heavy atom. The van der Waals surface area contributed by atoms with E-state index in [0.717, 1.165) is 57.7 Å². The minimum absolute atomic E-state index is 0.00585. The topological polar surface area (TPSA) is 50.5 Å². The number of hydrogen-bond donors (Lipinski definition) is 2. The first-order chi connectivity index (χ1) is 11.9. The van der Waals surface area contributed by atoms with Crippen molar-refractivity contribution in [1.29, 1.82) is 0 Å². The molecule has 1 aromatic carbocycles. The van der Waals surface area contributed by atoms with Crippen molar-refractivity contribution in [2.75, 3.05) is 31.2 Å². The molecule has 1 aliphatic heterocycles. The predicted octanol–water partition coefficient (Wildman–Crippen LogP) is 3.77. The van der Waals surface area contributed by atoms with Gasteiger partial charge >= 0.3 is 0 Å². The third kappa shape index (κ3) is 4.06. The largest absolute Gasteiger partial charge is 0.395 e. The van der Waals surface area contributed by atoms with Crippen molar-refractivity contribution < 1.29 is 13.5 Å². The van der Waals surface area contributed by atoms with Gasteiger partial charge in [-0.1, -0.05) is 0 Å². The van der Waals surface area contributed by atoms with Crippen molar-refractivity contribution in [3.8, 4) is 0 Å². The van der Waals surface area contributed by atoms with Crippen LogP contribution in [0.1, 0.15) is 45.4 Å². The molecular weight excluding hydrogens is 324 g/mol. The van der Waals surface area contributed by atoms with Gasteiger partial charge in [0.25, 0.3) is 0 Å². The number of likely N-dealkylation sites (tertiary alicyclic amines) is 1. The summed E-state index contributed by atoms with van der Waals surface area (Å²) in [5.74, 6) is -1.31. The highest BCUT2D eigenvalue weighted by molar-refractivity contribution is 5.67. The maximum atomic E-state index is 13.6. The monoisotopic (exact) mass is 353 g/mol. The molecule has 25 heavy (non-hydrogen) atoms. The lowest BCUT2D eigenvalue weighted by atomic mass is 9.79. The number of anilines is 2. The van der Waals surface area contributed by atoms with Crippen molar-refractivity contribution in [3.05, 3.63) is 23.8 Å². The zero-order valence-corrected chi connectivity index (χ0v) is 15.2. The fourth-order valence-corrected chi connectivity index (χ4v) is 4.25. The van der Waals surface area contributed by atoms with Crippen molar-refractivity contribution in [3.63, 3.8) is 0 Å². The molecule has 0 aromatic heterocycles. The van der Waals surface area contributed by atoms with Gasteiger partial charge in [-0.3, -0.25) is 4.90 Å². The smallest absolute Gasteiger partial charge is 0.151 e. The van der Waals surface area contributed by atoms with Crippen LogP contribution in [-0.2, 0) is 4.74 Å². The molecule has 1 aromatic rings. The average molecular weight is 353 g/mol. The summed E-state index contributed by atoms with van der Waals surface area (Å²) >= 11 is 0. The van der Waals surface area contributed by atoms with Crippen LogP contribution in [-0.4, -0.2) is 42.8 Å². The molecule has 0 unspecified atom stereocenters. The van der Waals surface area contributed by atoms with Crippen molar-refractivity contribution in [2.24, 2.45) is 0 Å². The number of benzene rings is 1. The second-order valence-electron chi connectivity index (χ2n) is 7.69. The lowest BCUT2D eigenvalue weighted by Crippen LogP contribution is -2.53. The van der Waals surface area contributed by atoms with Crippen LogP contribution >= 0.6 is 0 Å². The van der Waals surface area contributed by atoms with Gasteiger partial charge in [0.1, 0.15) is 5.82 Å². The third-order valence-corrected chi connectivity index (χ3v) is 6.06. The fraction of sp³-hybridized carbons (Fsp3) is 0.684. The highest BCUT2D eigenvalue weighted by Gasteiger charge is 2.38. The van der Waals surface area contributed by atoms with E-state index in [1.807, 2.05) is 0 Å². The molecule has 2 fully saturated rings. The van der Waals surface area contributed by atoms with Gasteiger partial charge < -0.3 is 15.8 Å². The summed E-state index contributed by atoms with van der Waals surface area (Å²) in [4.78, 5) is 2.58. The molecular formula is C19H29F2N3O. The quantitative estimate of drug-likeness (QED) is 0.809. The molecule has 1 saturated carbocycles. The molecule has 1 aliphatic carbocycles. The number of hydrogen-bond acceptors (Lipinski definition) is 4. The van der Waals surface area contributed by atoms with Crippen LogP contribution in [0.15, 0.2) is 12.1 Å². The van der Waals surface area contributed by atoms with Gasteiger partial charge in [-0.25, -0.2) is 8.78 Å². The number of nitrogens with zero attached hydrogens (tertiary/aromatic N) is 1. The lowest BCUT2D eigenvalue weighted by Gasteiger charge is -2.48. The van der Waals surface area contributed by atoms with Crippen LogP contribution in [0.4, 0.5) is 20.2 Å². The number of nitrogen functional groups attached to an aromatic ring is 1. The second-order valence-corrected chi connectivity index (χ2v) is 7.69. The standard InChI is InChI=1S/C19H29F2N3O/c1-19(7-3-15(25-2)4-8-19)24-9-5-14(6-10-24)23-17-12-13(20)11-16(21)18(17)22/h11-12,14-15,23H,3-10,22H2,1-2H3. The minimum atomic E-state index is -0.706. The molecule has 0 spiro atoms. The number of nitrogens with one attached hydrogen (secondary N) is 1. The van der Waals surface area contributed by atoms with E-state index in [9.17, 15) is 8.78 Å². The first-order valence-electron chi connectivity index (χ1n) is 9.20. The van der Waals surface area contributed by atoms with Gasteiger partial charge in [-0.15, -0.1) is 0 Å². The Labute approximate surface area is 148 Å². The van der Waals surface area contributed by atoms with Gasteiger partial charge in [0, 0.05) is 37.8 Å². The van der Waals surface area contributed by atoms with Gasteiger partial charge in [0.05, 0.1) is 17.5 Å². The van der Waals surface area contributed by atoms with E-state index in [2.05, 4.69) is 17.1 Å². The van der Waals surface area contributed by atoms with E-state index >= 15 is 0 Å². The Kier molecular flexibility index (Phi) is 5.49. The summed E-state index contributed by atoms with van der Waals surface area (Å²) in [6, 6.07) is 2.29. The summed E-state index contributed by atoms with van der Waals surface area (Å²) < 4.78 is 32.5. The average Bonchev–Trinajstić information content (AvgIpc) is 2.60. The zero-order chi connectivity index (χ0) is 18.0. The van der Waals surface area contributed by atoms with Crippen molar-refractivity contribution in [2.45, 2.75) is 63.1 Å². The zero-order valence-electron chi connectivity index (χ0n) is 15.2. The summed E-state index contributed by atoms with van der Waals surface area (Å²) in [6.07, 6.45) is 6.84. The molecule has 3 rings (SSSR count). The van der Waals surface area contributed by atoms with Gasteiger partial charge in [0.2, 0.25) is 0 Å². The Balaban J connectivity index is 1.56. The summed E-state index contributed by atoms with van der Waals surface area (Å²) in [7, 11) is 1.80. The summed E-state index contributed by atoms with van der Waals surface area (Å²) in [5, 5.41) is 3.23. The molecule has 2 aliphatic rings. The summed E-state index contributed by atoms with van der Waals surface area (Å²) in [6.45, 7) is 4.33. The first-order valence-corrected chi connectivity index (χ1v) is 9.20. The second kappa shape index (κ2) is 7.46. The number of rotatable bonds is 4. The number of ether oxygens (including phenoxy) is 1. The number of piperidine rings is 1. The molecule has 4 nitrogen and oxygen atoms in total. The van der Waals surface area contributed by atoms with E-state index < -0.39 is 11.6 Å². The van der Waals surface area contributed by atoms with E-state index in [1.165, 1.54) is 6.07 Å². The number of methoxy groups -OCH3 is 1. The van der Waals surface area contributed by atoms with E-state index in [0.29, 0.717) is 11.8 Å². The molecule has 6 heteroatoms. The highest BCUT2D eigenvalue weighted by atomic mass is 19.1.